The summed E-state index contributed by atoms with van der Waals surface area (Å²) in [6, 6.07) is 13.2. The van der Waals surface area contributed by atoms with Crippen molar-refractivity contribution < 1.29 is 22.7 Å². The highest BCUT2D eigenvalue weighted by atomic mass is 32.2. The SMILES string of the molecule is CC(=O)Oc1ccc(C(=O)NCCc2ccc(S(=O)(=O)N3CCCCCC3)cc2)cc1. The summed E-state index contributed by atoms with van der Waals surface area (Å²) in [6.45, 7) is 2.90. The van der Waals surface area contributed by atoms with E-state index >= 15 is 0 Å². The number of nitrogens with one attached hydrogen (secondary N) is 1. The smallest absolute Gasteiger partial charge is 0.308 e. The zero-order valence-electron chi connectivity index (χ0n) is 17.7. The molecular formula is C23H28N2O5S. The summed E-state index contributed by atoms with van der Waals surface area (Å²) in [6.07, 6.45) is 4.55. The fourth-order valence-electron chi connectivity index (χ4n) is 3.52. The molecule has 3 rings (SSSR count). The molecule has 2 aromatic rings. The minimum Gasteiger partial charge on any atom is -0.427 e. The molecule has 166 valence electrons. The molecule has 7 nitrogen and oxygen atoms in total. The average Bonchev–Trinajstić information content (AvgIpc) is 3.04. The van der Waals surface area contributed by atoms with Crippen molar-refractivity contribution in [2.75, 3.05) is 19.6 Å². The molecule has 0 atom stereocenters. The topological polar surface area (TPSA) is 92.8 Å². The van der Waals surface area contributed by atoms with Gasteiger partial charge in [-0.2, -0.15) is 4.31 Å². The maximum atomic E-state index is 12.8. The number of amides is 1. The zero-order chi connectivity index (χ0) is 22.3. The van der Waals surface area contributed by atoms with Crippen molar-refractivity contribution in [3.05, 3.63) is 59.7 Å². The lowest BCUT2D eigenvalue weighted by atomic mass is 10.1. The number of carbonyl (C=O) groups is 2. The molecule has 0 unspecified atom stereocenters. The number of rotatable bonds is 7. The molecule has 31 heavy (non-hydrogen) atoms. The van der Waals surface area contributed by atoms with Crippen LogP contribution in [0.25, 0.3) is 0 Å². The molecule has 0 aliphatic carbocycles. The van der Waals surface area contributed by atoms with Gasteiger partial charge < -0.3 is 10.1 Å². The molecule has 2 aromatic carbocycles. The van der Waals surface area contributed by atoms with Crippen LogP contribution in [0.2, 0.25) is 0 Å². The van der Waals surface area contributed by atoms with Gasteiger partial charge in [0.15, 0.2) is 0 Å². The number of hydrogen-bond acceptors (Lipinski definition) is 5. The summed E-state index contributed by atoms with van der Waals surface area (Å²) in [5, 5.41) is 2.84. The van der Waals surface area contributed by atoms with Gasteiger partial charge >= 0.3 is 5.97 Å². The highest BCUT2D eigenvalue weighted by Gasteiger charge is 2.24. The van der Waals surface area contributed by atoms with Crippen molar-refractivity contribution in [3.63, 3.8) is 0 Å². The van der Waals surface area contributed by atoms with Crippen LogP contribution in [-0.2, 0) is 21.2 Å². The Hall–Kier alpha value is -2.71. The number of nitrogens with zero attached hydrogens (tertiary/aromatic N) is 1. The van der Waals surface area contributed by atoms with Gasteiger partial charge in [0.05, 0.1) is 4.90 Å². The summed E-state index contributed by atoms with van der Waals surface area (Å²) in [5.41, 5.74) is 1.41. The molecule has 1 fully saturated rings. The molecule has 1 saturated heterocycles. The monoisotopic (exact) mass is 444 g/mol. The van der Waals surface area contributed by atoms with E-state index in [2.05, 4.69) is 5.32 Å². The molecule has 0 saturated carbocycles. The first kappa shape index (κ1) is 23.0. The van der Waals surface area contributed by atoms with Crippen LogP contribution in [0.4, 0.5) is 0 Å². The zero-order valence-corrected chi connectivity index (χ0v) is 18.5. The van der Waals surface area contributed by atoms with Gasteiger partial charge in [0.25, 0.3) is 5.91 Å². The van der Waals surface area contributed by atoms with E-state index < -0.39 is 16.0 Å². The molecule has 1 amide bonds. The summed E-state index contributed by atoms with van der Waals surface area (Å²) in [7, 11) is -3.45. The number of carbonyl (C=O) groups excluding carboxylic acids is 2. The second kappa shape index (κ2) is 10.5. The molecule has 0 spiro atoms. The third-order valence-electron chi connectivity index (χ3n) is 5.20. The highest BCUT2D eigenvalue weighted by Crippen LogP contribution is 2.20. The van der Waals surface area contributed by atoms with Crippen LogP contribution in [0.5, 0.6) is 5.75 Å². The maximum Gasteiger partial charge on any atom is 0.308 e. The Labute approximate surface area is 183 Å². The van der Waals surface area contributed by atoms with Crippen LogP contribution in [0, 0.1) is 0 Å². The molecule has 1 aliphatic rings. The van der Waals surface area contributed by atoms with E-state index in [1.807, 2.05) is 0 Å². The molecular weight excluding hydrogens is 416 g/mol. The Morgan fingerprint density at radius 3 is 2.13 bits per heavy atom. The van der Waals surface area contributed by atoms with Gasteiger partial charge in [0.1, 0.15) is 5.75 Å². The predicted molar refractivity (Wildman–Crippen MR) is 117 cm³/mol. The van der Waals surface area contributed by atoms with Crippen molar-refractivity contribution in [1.29, 1.82) is 0 Å². The Balaban J connectivity index is 1.52. The standard InChI is InChI=1S/C23H28N2O5S/c1-18(26)30-21-10-8-20(9-11-21)23(27)24-15-14-19-6-12-22(13-7-19)31(28,29)25-16-4-2-3-5-17-25/h6-13H,2-5,14-17H2,1H3,(H,24,27). The lowest BCUT2D eigenvalue weighted by molar-refractivity contribution is -0.131. The van der Waals surface area contributed by atoms with Crippen molar-refractivity contribution in [1.82, 2.24) is 9.62 Å². The van der Waals surface area contributed by atoms with Gasteiger partial charge in [-0.3, -0.25) is 9.59 Å². The van der Waals surface area contributed by atoms with Gasteiger partial charge in [-0.25, -0.2) is 8.42 Å². The van der Waals surface area contributed by atoms with Crippen molar-refractivity contribution in [3.8, 4) is 5.75 Å². The van der Waals surface area contributed by atoms with Gasteiger partial charge in [0, 0.05) is 32.1 Å². The first-order valence-corrected chi connectivity index (χ1v) is 12.0. The van der Waals surface area contributed by atoms with Crippen LogP contribution < -0.4 is 10.1 Å². The fourth-order valence-corrected chi connectivity index (χ4v) is 5.04. The van der Waals surface area contributed by atoms with Crippen LogP contribution in [0.1, 0.15) is 48.5 Å². The fraction of sp³-hybridized carbons (Fsp3) is 0.391. The van der Waals surface area contributed by atoms with E-state index in [0.717, 1.165) is 31.2 Å². The first-order chi connectivity index (χ1) is 14.9. The molecule has 1 N–H and O–H groups in total. The number of benzene rings is 2. The van der Waals surface area contributed by atoms with E-state index in [9.17, 15) is 18.0 Å². The van der Waals surface area contributed by atoms with Crippen LogP contribution in [0.3, 0.4) is 0 Å². The third-order valence-corrected chi connectivity index (χ3v) is 7.12. The quantitative estimate of drug-likeness (QED) is 0.523. The van der Waals surface area contributed by atoms with Crippen molar-refractivity contribution in [2.24, 2.45) is 0 Å². The minimum atomic E-state index is -3.45. The Morgan fingerprint density at radius 1 is 0.935 bits per heavy atom. The second-order valence-electron chi connectivity index (χ2n) is 7.59. The molecule has 1 heterocycles. The molecule has 8 heteroatoms. The molecule has 1 aliphatic heterocycles. The normalized spacial score (nSPS) is 15.1. The largest absolute Gasteiger partial charge is 0.427 e. The van der Waals surface area contributed by atoms with Crippen molar-refractivity contribution >= 4 is 21.9 Å². The number of esters is 1. The van der Waals surface area contributed by atoms with Gasteiger partial charge in [-0.05, 0) is 61.2 Å². The van der Waals surface area contributed by atoms with Crippen LogP contribution >= 0.6 is 0 Å². The predicted octanol–water partition coefficient (Wildman–Crippen LogP) is 3.15. The van der Waals surface area contributed by atoms with E-state index in [1.165, 1.54) is 6.92 Å². The number of ether oxygens (including phenoxy) is 1. The third kappa shape index (κ3) is 6.38. The minimum absolute atomic E-state index is 0.227. The average molecular weight is 445 g/mol. The van der Waals surface area contributed by atoms with Crippen LogP contribution in [0.15, 0.2) is 53.4 Å². The van der Waals surface area contributed by atoms with E-state index in [1.54, 1.807) is 52.8 Å². The van der Waals surface area contributed by atoms with Gasteiger partial charge in [-0.15, -0.1) is 0 Å². The first-order valence-electron chi connectivity index (χ1n) is 10.5. The summed E-state index contributed by atoms with van der Waals surface area (Å²) in [5.74, 6) is -0.253. The summed E-state index contributed by atoms with van der Waals surface area (Å²) >= 11 is 0. The summed E-state index contributed by atoms with van der Waals surface area (Å²) < 4.78 is 32.2. The molecule has 0 aromatic heterocycles. The van der Waals surface area contributed by atoms with E-state index in [4.69, 9.17) is 4.74 Å². The van der Waals surface area contributed by atoms with Gasteiger partial charge in [-0.1, -0.05) is 25.0 Å². The van der Waals surface area contributed by atoms with Crippen molar-refractivity contribution in [2.45, 2.75) is 43.9 Å². The maximum absolute atomic E-state index is 12.8. The number of sulfonamides is 1. The summed E-state index contributed by atoms with van der Waals surface area (Å²) in [4.78, 5) is 23.5. The lowest BCUT2D eigenvalue weighted by Crippen LogP contribution is -2.31. The van der Waals surface area contributed by atoms with Gasteiger partial charge in [0.2, 0.25) is 10.0 Å². The van der Waals surface area contributed by atoms with Crippen LogP contribution in [-0.4, -0.2) is 44.2 Å². The number of hydrogen-bond donors (Lipinski definition) is 1. The highest BCUT2D eigenvalue weighted by molar-refractivity contribution is 7.89. The van der Waals surface area contributed by atoms with E-state index in [-0.39, 0.29) is 5.91 Å². The lowest BCUT2D eigenvalue weighted by Gasteiger charge is -2.20. The Morgan fingerprint density at radius 2 is 1.55 bits per heavy atom. The molecule has 0 radical (unpaired) electrons. The Bertz CT molecular complexity index is 993. The second-order valence-corrected chi connectivity index (χ2v) is 9.52. The van der Waals surface area contributed by atoms with E-state index in [0.29, 0.717) is 42.3 Å². The Kier molecular flexibility index (Phi) is 7.81. The molecule has 0 bridgehead atoms.